The highest BCUT2D eigenvalue weighted by Gasteiger charge is 2.57. The minimum atomic E-state index is -0.812. The molecule has 3 N–H and O–H groups in total. The highest BCUT2D eigenvalue weighted by Crippen LogP contribution is 2.61. The Morgan fingerprint density at radius 2 is 1.81 bits per heavy atom. The van der Waals surface area contributed by atoms with E-state index in [0.29, 0.717) is 29.7 Å². The summed E-state index contributed by atoms with van der Waals surface area (Å²) in [6.07, 6.45) is 0.769. The van der Waals surface area contributed by atoms with Gasteiger partial charge in [-0.2, -0.15) is 5.06 Å². The highest BCUT2D eigenvalue weighted by molar-refractivity contribution is 5.82. The summed E-state index contributed by atoms with van der Waals surface area (Å²) >= 11 is 0. The lowest BCUT2D eigenvalue weighted by Gasteiger charge is -2.62. The summed E-state index contributed by atoms with van der Waals surface area (Å²) in [4.78, 5) is 24.8. The number of aliphatic hydroxyl groups excluding tert-OH is 2. The first-order valence-corrected chi connectivity index (χ1v) is 16.0. The number of hydrogen-bond acceptors (Lipinski definition) is 7. The van der Waals surface area contributed by atoms with Crippen LogP contribution in [0.5, 0.6) is 0 Å². The molecule has 1 amide bonds. The second kappa shape index (κ2) is 13.2. The van der Waals surface area contributed by atoms with Crippen molar-refractivity contribution in [2.24, 2.45) is 29.1 Å². The van der Waals surface area contributed by atoms with Gasteiger partial charge in [0.2, 0.25) is 5.91 Å². The lowest BCUT2D eigenvalue weighted by molar-refractivity contribution is -0.183. The topological polar surface area (TPSA) is 88.5 Å². The fraction of sp³-hybridized carbons (Fsp3) is 0.629. The number of amides is 1. The van der Waals surface area contributed by atoms with E-state index < -0.39 is 24.2 Å². The van der Waals surface area contributed by atoms with Gasteiger partial charge in [-0.1, -0.05) is 63.2 Å². The number of benzene rings is 2. The van der Waals surface area contributed by atoms with Crippen molar-refractivity contribution in [3.8, 4) is 0 Å². The van der Waals surface area contributed by atoms with Gasteiger partial charge in [0, 0.05) is 37.3 Å². The van der Waals surface area contributed by atoms with E-state index in [9.17, 15) is 15.0 Å². The zero-order chi connectivity index (χ0) is 30.9. The van der Waals surface area contributed by atoms with Crippen LogP contribution in [-0.4, -0.2) is 84.2 Å². The molecule has 3 aliphatic carbocycles. The molecule has 6 rings (SSSR count). The Labute approximate surface area is 258 Å². The Morgan fingerprint density at radius 3 is 2.44 bits per heavy atom. The highest BCUT2D eigenvalue weighted by atomic mass is 16.7. The number of aliphatic hydroxyl groups is 2. The van der Waals surface area contributed by atoms with Crippen LogP contribution < -0.4 is 10.2 Å². The van der Waals surface area contributed by atoms with Crippen molar-refractivity contribution in [1.82, 2.24) is 15.3 Å². The number of hydrogen-bond donors (Lipinski definition) is 3. The summed E-state index contributed by atoms with van der Waals surface area (Å²) in [5.41, 5.74) is 3.69. The van der Waals surface area contributed by atoms with Crippen molar-refractivity contribution < 1.29 is 19.8 Å². The normalized spacial score (nSPS) is 30.6. The molecule has 1 aliphatic heterocycles. The number of nitrogens with one attached hydrogen (secondary N) is 1. The van der Waals surface area contributed by atoms with Gasteiger partial charge in [0.15, 0.2) is 0 Å². The van der Waals surface area contributed by atoms with Gasteiger partial charge < -0.3 is 25.3 Å². The molecule has 2 aromatic rings. The molecule has 8 nitrogen and oxygen atoms in total. The van der Waals surface area contributed by atoms with Crippen molar-refractivity contribution >= 4 is 11.6 Å². The second-order valence-electron chi connectivity index (χ2n) is 14.1. The number of fused-ring (bicyclic) bond motifs is 2. The van der Waals surface area contributed by atoms with Crippen molar-refractivity contribution in [2.75, 3.05) is 38.7 Å². The quantitative estimate of drug-likeness (QED) is 0.345. The summed E-state index contributed by atoms with van der Waals surface area (Å²) in [7, 11) is 4.17. The van der Waals surface area contributed by atoms with Gasteiger partial charge in [0.1, 0.15) is 12.1 Å². The van der Waals surface area contributed by atoms with Crippen LogP contribution in [0.1, 0.15) is 51.7 Å². The molecule has 1 unspecified atom stereocenters. The molecule has 4 fully saturated rings. The summed E-state index contributed by atoms with van der Waals surface area (Å²) in [6.45, 7) is 11.4. The molecule has 8 heteroatoms. The van der Waals surface area contributed by atoms with Gasteiger partial charge in [-0.05, 0) is 80.3 Å². The van der Waals surface area contributed by atoms with Gasteiger partial charge in [0.05, 0.1) is 19.3 Å². The molecule has 1 heterocycles. The van der Waals surface area contributed by atoms with E-state index in [4.69, 9.17) is 4.84 Å². The maximum Gasteiger partial charge on any atom is 0.240 e. The lowest BCUT2D eigenvalue weighted by atomic mass is 9.45. The molecule has 0 spiro atoms. The van der Waals surface area contributed by atoms with Crippen LogP contribution in [0.15, 0.2) is 54.6 Å². The minimum absolute atomic E-state index is 0.112. The summed E-state index contributed by atoms with van der Waals surface area (Å²) < 4.78 is 0. The molecule has 3 saturated carbocycles. The van der Waals surface area contributed by atoms with Gasteiger partial charge >= 0.3 is 0 Å². The first-order chi connectivity index (χ1) is 20.5. The molecule has 2 aromatic carbocycles. The molecule has 2 bridgehead atoms. The van der Waals surface area contributed by atoms with Gasteiger partial charge in [-0.25, -0.2) is 0 Å². The average Bonchev–Trinajstić information content (AvgIpc) is 3.35. The third-order valence-corrected chi connectivity index (χ3v) is 10.7. The predicted molar refractivity (Wildman–Crippen MR) is 170 cm³/mol. The number of nitrogens with zero attached hydrogens (tertiary/aromatic N) is 3. The van der Waals surface area contributed by atoms with E-state index in [0.717, 1.165) is 37.3 Å². The lowest BCUT2D eigenvalue weighted by Crippen LogP contribution is -2.62. The zero-order valence-corrected chi connectivity index (χ0v) is 26.8. The van der Waals surface area contributed by atoms with E-state index in [-0.39, 0.29) is 18.6 Å². The van der Waals surface area contributed by atoms with Crippen LogP contribution in [0.3, 0.4) is 0 Å². The average molecular weight is 593 g/mol. The molecule has 1 saturated heterocycles. The molecule has 0 aromatic heterocycles. The van der Waals surface area contributed by atoms with Crippen LogP contribution in [0.2, 0.25) is 0 Å². The first-order valence-electron chi connectivity index (χ1n) is 16.0. The number of carbonyl (C=O) groups excluding carboxylic acids is 1. The van der Waals surface area contributed by atoms with Crippen LogP contribution in [0, 0.1) is 29.1 Å². The fourth-order valence-electron chi connectivity index (χ4n) is 7.94. The number of likely N-dealkylation sites (N-methyl/N-ethyl adjacent to an activating group) is 1. The fourth-order valence-corrected chi connectivity index (χ4v) is 7.94. The van der Waals surface area contributed by atoms with Crippen LogP contribution in [0.4, 0.5) is 5.69 Å². The molecule has 4 aliphatic rings. The Balaban J connectivity index is 1.35. The Hall–Kier alpha value is -2.49. The van der Waals surface area contributed by atoms with Crippen molar-refractivity contribution in [3.63, 3.8) is 0 Å². The molecular weight excluding hydrogens is 540 g/mol. The third-order valence-electron chi connectivity index (χ3n) is 10.7. The van der Waals surface area contributed by atoms with E-state index in [1.54, 1.807) is 12.0 Å². The molecule has 8 atom stereocenters. The third kappa shape index (κ3) is 6.79. The largest absolute Gasteiger partial charge is 0.394 e. The number of rotatable bonds is 12. The first kappa shape index (κ1) is 31.9. The van der Waals surface area contributed by atoms with Gasteiger partial charge in [-0.3, -0.25) is 9.63 Å². The maximum absolute atomic E-state index is 14.0. The Kier molecular flexibility index (Phi) is 9.83. The number of hydroxylamine groups is 2. The SMILES string of the molecule is CC1[C@@H](NC(=O)[C@@H]2[C@H]([C@H](C)O)[C@H](CO)ON2Cc2cccc(N(CCN(C)C)Cc3ccccc3)c2)C[C@H]2C[C@@H]1C2(C)C. The standard InChI is InChI=1S/C35H52N4O4/c1-23-29-18-27(35(29,3)4)19-30(23)36-34(42)33-32(24(2)41)31(22-40)43-39(33)21-26-13-10-14-28(17-26)38(16-15-37(5)6)20-25-11-8-7-9-12-25/h7-14,17,23-24,27,29-33,40-41H,15-16,18-22H2,1-6H3,(H,36,42)/t23?,24-,27+,29-,30-,31-,32+,33-/m0/s1. The molecule has 43 heavy (non-hydrogen) atoms. The van der Waals surface area contributed by atoms with E-state index in [2.05, 4.69) is 98.5 Å². The maximum atomic E-state index is 14.0. The monoisotopic (exact) mass is 592 g/mol. The van der Waals surface area contributed by atoms with Crippen molar-refractivity contribution in [3.05, 3.63) is 65.7 Å². The van der Waals surface area contributed by atoms with Gasteiger partial charge in [0.25, 0.3) is 0 Å². The summed E-state index contributed by atoms with van der Waals surface area (Å²) in [6, 6.07) is 18.3. The zero-order valence-electron chi connectivity index (χ0n) is 26.8. The Morgan fingerprint density at radius 1 is 1.09 bits per heavy atom. The predicted octanol–water partition coefficient (Wildman–Crippen LogP) is 3.92. The van der Waals surface area contributed by atoms with E-state index in [1.165, 1.54) is 12.0 Å². The number of anilines is 1. The van der Waals surface area contributed by atoms with Crippen LogP contribution in [0.25, 0.3) is 0 Å². The van der Waals surface area contributed by atoms with E-state index >= 15 is 0 Å². The molecule has 0 radical (unpaired) electrons. The minimum Gasteiger partial charge on any atom is -0.394 e. The second-order valence-corrected chi connectivity index (χ2v) is 14.1. The Bertz CT molecular complexity index is 1220. The molecular formula is C35H52N4O4. The van der Waals surface area contributed by atoms with Crippen molar-refractivity contribution in [2.45, 2.75) is 77.9 Å². The van der Waals surface area contributed by atoms with Crippen LogP contribution >= 0.6 is 0 Å². The van der Waals surface area contributed by atoms with Gasteiger partial charge in [-0.15, -0.1) is 0 Å². The molecule has 236 valence electrons. The summed E-state index contributed by atoms with van der Waals surface area (Å²) in [5.74, 6) is 0.979. The van der Waals surface area contributed by atoms with Crippen LogP contribution in [-0.2, 0) is 22.7 Å². The van der Waals surface area contributed by atoms with Crippen molar-refractivity contribution in [1.29, 1.82) is 0 Å². The summed E-state index contributed by atoms with van der Waals surface area (Å²) in [5, 5.41) is 26.0. The number of carbonyl (C=O) groups is 1. The smallest absolute Gasteiger partial charge is 0.240 e. The van der Waals surface area contributed by atoms with E-state index in [1.807, 2.05) is 6.07 Å².